The van der Waals surface area contributed by atoms with Gasteiger partial charge < -0.3 is 4.74 Å². The lowest BCUT2D eigenvalue weighted by Crippen LogP contribution is -1.98. The molecule has 1 nitrogen and oxygen atoms in total. The number of hydrogen-bond donors (Lipinski definition) is 0. The SMILES string of the molecule is C=CCCCOc1ccc(/C=C/c2ccc(-c3ccc(-c4ccc(C)cc4)c(F)c3F)cc2)cc1F. The van der Waals surface area contributed by atoms with Crippen molar-refractivity contribution in [2.24, 2.45) is 0 Å². The molecule has 0 saturated heterocycles. The van der Waals surface area contributed by atoms with Crippen LogP contribution in [-0.4, -0.2) is 6.61 Å². The average molecular weight is 485 g/mol. The first-order chi connectivity index (χ1) is 17.5. The topological polar surface area (TPSA) is 9.23 Å². The van der Waals surface area contributed by atoms with E-state index >= 15 is 0 Å². The van der Waals surface area contributed by atoms with Gasteiger partial charge in [0.15, 0.2) is 23.2 Å². The molecule has 4 aromatic carbocycles. The van der Waals surface area contributed by atoms with Gasteiger partial charge in [0.05, 0.1) is 6.61 Å². The largest absolute Gasteiger partial charge is 0.491 e. The minimum absolute atomic E-state index is 0.199. The Hall–Kier alpha value is -4.05. The molecular formula is C32H27F3O. The van der Waals surface area contributed by atoms with Crippen LogP contribution in [0.2, 0.25) is 0 Å². The highest BCUT2D eigenvalue weighted by molar-refractivity contribution is 5.74. The fourth-order valence-corrected chi connectivity index (χ4v) is 3.84. The summed E-state index contributed by atoms with van der Waals surface area (Å²) >= 11 is 0. The molecule has 0 heterocycles. The molecular weight excluding hydrogens is 457 g/mol. The van der Waals surface area contributed by atoms with Gasteiger partial charge in [-0.25, -0.2) is 13.2 Å². The Labute approximate surface area is 210 Å². The minimum Gasteiger partial charge on any atom is -0.491 e. The summed E-state index contributed by atoms with van der Waals surface area (Å²) in [7, 11) is 0. The second-order valence-electron chi connectivity index (χ2n) is 8.58. The first-order valence-electron chi connectivity index (χ1n) is 11.8. The Kier molecular flexibility index (Phi) is 8.06. The van der Waals surface area contributed by atoms with Gasteiger partial charge in [-0.2, -0.15) is 0 Å². The lowest BCUT2D eigenvalue weighted by molar-refractivity contribution is 0.296. The number of halogens is 3. The van der Waals surface area contributed by atoms with E-state index in [1.54, 1.807) is 60.7 Å². The highest BCUT2D eigenvalue weighted by Gasteiger charge is 2.16. The molecule has 0 aromatic heterocycles. The molecule has 4 heteroatoms. The van der Waals surface area contributed by atoms with E-state index in [2.05, 4.69) is 6.58 Å². The third kappa shape index (κ3) is 5.95. The maximum Gasteiger partial charge on any atom is 0.167 e. The molecule has 0 aliphatic carbocycles. The number of hydrogen-bond acceptors (Lipinski definition) is 1. The zero-order chi connectivity index (χ0) is 25.5. The Balaban J connectivity index is 1.46. The molecule has 0 fully saturated rings. The molecule has 0 N–H and O–H groups in total. The number of rotatable bonds is 9. The second-order valence-corrected chi connectivity index (χ2v) is 8.58. The van der Waals surface area contributed by atoms with Gasteiger partial charge in [0.2, 0.25) is 0 Å². The Morgan fingerprint density at radius 2 is 1.28 bits per heavy atom. The van der Waals surface area contributed by atoms with Crippen molar-refractivity contribution in [3.8, 4) is 28.0 Å². The summed E-state index contributed by atoms with van der Waals surface area (Å²) in [6, 6.07) is 22.4. The van der Waals surface area contributed by atoms with Crippen LogP contribution >= 0.6 is 0 Å². The van der Waals surface area contributed by atoms with E-state index in [9.17, 15) is 13.2 Å². The molecule has 0 bridgehead atoms. The molecule has 0 spiro atoms. The smallest absolute Gasteiger partial charge is 0.167 e. The number of ether oxygens (including phenoxy) is 1. The number of benzene rings is 4. The van der Waals surface area contributed by atoms with Crippen LogP contribution in [0, 0.1) is 24.4 Å². The van der Waals surface area contributed by atoms with Crippen LogP contribution in [0.4, 0.5) is 13.2 Å². The van der Waals surface area contributed by atoms with Crippen molar-refractivity contribution in [3.63, 3.8) is 0 Å². The van der Waals surface area contributed by atoms with Crippen molar-refractivity contribution in [2.45, 2.75) is 19.8 Å². The quantitative estimate of drug-likeness (QED) is 0.131. The summed E-state index contributed by atoms with van der Waals surface area (Å²) in [5, 5.41) is 0. The van der Waals surface area contributed by atoms with Crippen molar-refractivity contribution in [3.05, 3.63) is 126 Å². The molecule has 0 amide bonds. The molecule has 0 unspecified atom stereocenters. The average Bonchev–Trinajstić information content (AvgIpc) is 2.89. The van der Waals surface area contributed by atoms with E-state index in [1.165, 1.54) is 6.07 Å². The van der Waals surface area contributed by atoms with Gasteiger partial charge in [0, 0.05) is 11.1 Å². The van der Waals surface area contributed by atoms with E-state index in [4.69, 9.17) is 4.74 Å². The Bertz CT molecular complexity index is 1370. The number of unbranched alkanes of at least 4 members (excludes halogenated alkanes) is 1. The van der Waals surface area contributed by atoms with Gasteiger partial charge in [0.1, 0.15) is 0 Å². The first kappa shape index (κ1) is 25.1. The summed E-state index contributed by atoms with van der Waals surface area (Å²) in [5.74, 6) is -1.94. The summed E-state index contributed by atoms with van der Waals surface area (Å²) in [4.78, 5) is 0. The Morgan fingerprint density at radius 1 is 0.722 bits per heavy atom. The fourth-order valence-electron chi connectivity index (χ4n) is 3.84. The molecule has 0 atom stereocenters. The summed E-state index contributed by atoms with van der Waals surface area (Å²) < 4.78 is 49.6. The summed E-state index contributed by atoms with van der Waals surface area (Å²) in [6.07, 6.45) is 7.03. The molecule has 4 aromatic rings. The van der Waals surface area contributed by atoms with Crippen molar-refractivity contribution < 1.29 is 17.9 Å². The second kappa shape index (κ2) is 11.6. The van der Waals surface area contributed by atoms with Crippen LogP contribution in [0.3, 0.4) is 0 Å². The van der Waals surface area contributed by atoms with Crippen LogP contribution in [-0.2, 0) is 0 Å². The van der Waals surface area contributed by atoms with Gasteiger partial charge in [-0.15, -0.1) is 6.58 Å². The molecule has 0 radical (unpaired) electrons. The zero-order valence-corrected chi connectivity index (χ0v) is 20.1. The summed E-state index contributed by atoms with van der Waals surface area (Å²) in [6.45, 7) is 6.03. The van der Waals surface area contributed by atoms with Crippen molar-refractivity contribution >= 4 is 12.2 Å². The normalized spacial score (nSPS) is 11.1. The summed E-state index contributed by atoms with van der Waals surface area (Å²) in [5.41, 5.74) is 4.23. The van der Waals surface area contributed by atoms with Crippen LogP contribution in [0.5, 0.6) is 5.75 Å². The Morgan fingerprint density at radius 3 is 1.86 bits per heavy atom. The monoisotopic (exact) mass is 484 g/mol. The van der Waals surface area contributed by atoms with Crippen molar-refractivity contribution in [1.29, 1.82) is 0 Å². The van der Waals surface area contributed by atoms with Crippen molar-refractivity contribution in [2.75, 3.05) is 6.61 Å². The molecule has 0 aliphatic rings. The van der Waals surface area contributed by atoms with Gasteiger partial charge in [-0.1, -0.05) is 90.5 Å². The lowest BCUT2D eigenvalue weighted by atomic mass is 9.97. The predicted molar refractivity (Wildman–Crippen MR) is 142 cm³/mol. The van der Waals surface area contributed by atoms with Crippen LogP contribution in [0.15, 0.2) is 91.5 Å². The molecule has 4 rings (SSSR count). The van der Waals surface area contributed by atoms with Gasteiger partial charge >= 0.3 is 0 Å². The fraction of sp³-hybridized carbons (Fsp3) is 0.125. The third-order valence-corrected chi connectivity index (χ3v) is 5.90. The number of aryl methyl sites for hydroxylation is 1. The third-order valence-electron chi connectivity index (χ3n) is 5.90. The lowest BCUT2D eigenvalue weighted by Gasteiger charge is -2.10. The highest BCUT2D eigenvalue weighted by Crippen LogP contribution is 2.32. The van der Waals surface area contributed by atoms with Gasteiger partial charge in [-0.3, -0.25) is 0 Å². The molecule has 36 heavy (non-hydrogen) atoms. The van der Waals surface area contributed by atoms with E-state index < -0.39 is 17.5 Å². The molecule has 0 aliphatic heterocycles. The van der Waals surface area contributed by atoms with Crippen molar-refractivity contribution in [1.82, 2.24) is 0 Å². The van der Waals surface area contributed by atoms with E-state index in [-0.39, 0.29) is 16.9 Å². The van der Waals surface area contributed by atoms with Gasteiger partial charge in [-0.05, 0) is 54.2 Å². The number of allylic oxidation sites excluding steroid dienone is 1. The predicted octanol–water partition coefficient (Wildman–Crippen LogP) is 9.26. The zero-order valence-electron chi connectivity index (χ0n) is 20.1. The first-order valence-corrected chi connectivity index (χ1v) is 11.8. The molecule has 182 valence electrons. The van der Waals surface area contributed by atoms with Crippen LogP contribution in [0.1, 0.15) is 29.5 Å². The van der Waals surface area contributed by atoms with E-state index in [1.807, 2.05) is 37.3 Å². The van der Waals surface area contributed by atoms with Crippen LogP contribution in [0.25, 0.3) is 34.4 Å². The maximum atomic E-state index is 14.9. The standard InChI is InChI=1S/C32H27F3O/c1-3-4-5-20-36-30-19-12-24(21-29(30)33)9-8-23-10-15-26(16-11-23)28-18-17-27(31(34)32(28)35)25-13-6-22(2)7-14-25/h3,6-19,21H,1,4-5,20H2,2H3/b9-8+. The van der Waals surface area contributed by atoms with Crippen LogP contribution < -0.4 is 4.74 Å². The van der Waals surface area contributed by atoms with Gasteiger partial charge in [0.25, 0.3) is 0 Å². The minimum atomic E-state index is -0.876. The van der Waals surface area contributed by atoms with E-state index in [0.29, 0.717) is 23.3 Å². The highest BCUT2D eigenvalue weighted by atomic mass is 19.2. The molecule has 0 saturated carbocycles. The van der Waals surface area contributed by atoms with E-state index in [0.717, 1.165) is 24.0 Å². The maximum absolute atomic E-state index is 14.9.